The number of para-hydroxylation sites is 1. The minimum absolute atomic E-state index is 0.0348. The van der Waals surface area contributed by atoms with Crippen LogP contribution in [0.2, 0.25) is 0 Å². The quantitative estimate of drug-likeness (QED) is 0.714. The molecule has 3 rings (SSSR count). The van der Waals surface area contributed by atoms with Crippen molar-refractivity contribution < 1.29 is 32.2 Å². The number of benzene rings is 1. The lowest BCUT2D eigenvalue weighted by Crippen LogP contribution is -2.35. The molecule has 2 amide bonds. The largest absolute Gasteiger partial charge is 0.486 e. The lowest BCUT2D eigenvalue weighted by Gasteiger charge is -2.20. The minimum Gasteiger partial charge on any atom is -0.486 e. The lowest BCUT2D eigenvalue weighted by atomic mass is 10.3. The van der Waals surface area contributed by atoms with Gasteiger partial charge in [0.2, 0.25) is 5.95 Å². The first-order chi connectivity index (χ1) is 12.9. The third-order valence-corrected chi connectivity index (χ3v) is 4.59. The topological polar surface area (TPSA) is 151 Å². The molecule has 0 saturated carbocycles. The molecule has 1 aromatic carbocycles. The molecule has 12 nitrogen and oxygen atoms in total. The van der Waals surface area contributed by atoms with Gasteiger partial charge in [-0.15, -0.1) is 4.98 Å². The summed E-state index contributed by atoms with van der Waals surface area (Å²) in [5.74, 6) is 0.0464. The van der Waals surface area contributed by atoms with Gasteiger partial charge in [0.1, 0.15) is 18.1 Å². The van der Waals surface area contributed by atoms with Crippen LogP contribution in [0.1, 0.15) is 0 Å². The van der Waals surface area contributed by atoms with Gasteiger partial charge in [-0.1, -0.05) is 6.07 Å². The second-order valence-corrected chi connectivity index (χ2v) is 6.62. The first-order valence-corrected chi connectivity index (χ1v) is 8.97. The molecule has 2 N–H and O–H groups in total. The number of sulfonamides is 1. The van der Waals surface area contributed by atoms with Crippen LogP contribution in [-0.4, -0.2) is 56.8 Å². The minimum atomic E-state index is -4.25. The predicted molar refractivity (Wildman–Crippen MR) is 89.7 cm³/mol. The number of hydrogen-bond donors (Lipinski definition) is 2. The number of nitrogens with one attached hydrogen (secondary N) is 2. The SMILES string of the molecule is COc1nc(NC(=O)NS(=O)(=O)c2cccc3c2OCCO3)nc(OC)n1. The fourth-order valence-electron chi connectivity index (χ4n) is 2.14. The van der Waals surface area contributed by atoms with Crippen molar-refractivity contribution in [3.63, 3.8) is 0 Å². The number of amides is 2. The van der Waals surface area contributed by atoms with Crippen molar-refractivity contribution in [2.75, 3.05) is 32.8 Å². The molecule has 0 spiro atoms. The second kappa shape index (κ2) is 7.49. The summed E-state index contributed by atoms with van der Waals surface area (Å²) in [6.45, 7) is 0.490. The number of urea groups is 1. The number of hydrogen-bond acceptors (Lipinski definition) is 10. The number of fused-ring (bicyclic) bond motifs is 1. The predicted octanol–water partition coefficient (Wildman–Crippen LogP) is 0.170. The Bertz CT molecular complexity index is 944. The van der Waals surface area contributed by atoms with E-state index in [0.29, 0.717) is 6.61 Å². The fourth-order valence-corrected chi connectivity index (χ4v) is 3.21. The van der Waals surface area contributed by atoms with Gasteiger partial charge in [-0.3, -0.25) is 5.32 Å². The number of anilines is 1. The van der Waals surface area contributed by atoms with E-state index in [0.717, 1.165) is 0 Å². The molecule has 1 aromatic heterocycles. The number of carbonyl (C=O) groups excluding carboxylic acids is 1. The van der Waals surface area contributed by atoms with Crippen molar-refractivity contribution >= 4 is 22.0 Å². The van der Waals surface area contributed by atoms with E-state index in [9.17, 15) is 13.2 Å². The molecule has 0 atom stereocenters. The molecule has 0 unspecified atom stereocenters. The van der Waals surface area contributed by atoms with Crippen LogP contribution in [0.25, 0.3) is 0 Å². The van der Waals surface area contributed by atoms with Crippen LogP contribution >= 0.6 is 0 Å². The standard InChI is InChI=1S/C14H15N5O7S/c1-23-13-16-11(17-14(18-13)24-2)15-12(20)19-27(21,22)9-5-3-4-8-10(9)26-7-6-25-8/h3-5H,6-7H2,1-2H3,(H2,15,16,17,18,19,20). The van der Waals surface area contributed by atoms with E-state index in [1.54, 1.807) is 6.07 Å². The van der Waals surface area contributed by atoms with Crippen LogP contribution in [0.5, 0.6) is 23.5 Å². The fraction of sp³-hybridized carbons (Fsp3) is 0.286. The monoisotopic (exact) mass is 397 g/mol. The zero-order valence-corrected chi connectivity index (χ0v) is 15.1. The van der Waals surface area contributed by atoms with Gasteiger partial charge in [0.05, 0.1) is 14.2 Å². The summed E-state index contributed by atoms with van der Waals surface area (Å²) in [5, 5.41) is 2.17. The summed E-state index contributed by atoms with van der Waals surface area (Å²) in [6, 6.07) is 2.99. The van der Waals surface area contributed by atoms with Gasteiger partial charge in [0.25, 0.3) is 10.0 Å². The Kier molecular flexibility index (Phi) is 5.12. The zero-order chi connectivity index (χ0) is 19.4. The highest BCUT2D eigenvalue weighted by atomic mass is 32.2. The average Bonchev–Trinajstić information content (AvgIpc) is 2.66. The maximum absolute atomic E-state index is 12.5. The van der Waals surface area contributed by atoms with Crippen LogP contribution in [0, 0.1) is 0 Å². The van der Waals surface area contributed by atoms with Gasteiger partial charge in [0.15, 0.2) is 11.5 Å². The summed E-state index contributed by atoms with van der Waals surface area (Å²) in [4.78, 5) is 23.2. The van der Waals surface area contributed by atoms with E-state index >= 15 is 0 Å². The van der Waals surface area contributed by atoms with Gasteiger partial charge >= 0.3 is 18.1 Å². The van der Waals surface area contributed by atoms with Gasteiger partial charge in [-0.2, -0.15) is 9.97 Å². The molecule has 13 heteroatoms. The smallest absolute Gasteiger partial charge is 0.335 e. The molecule has 0 radical (unpaired) electrons. The van der Waals surface area contributed by atoms with E-state index in [4.69, 9.17) is 18.9 Å². The average molecular weight is 397 g/mol. The highest BCUT2D eigenvalue weighted by molar-refractivity contribution is 7.90. The number of rotatable bonds is 5. The van der Waals surface area contributed by atoms with Crippen LogP contribution < -0.4 is 29.0 Å². The number of aromatic nitrogens is 3. The number of ether oxygens (including phenoxy) is 4. The molecular formula is C14H15N5O7S. The maximum atomic E-state index is 12.5. The number of methoxy groups -OCH3 is 2. The lowest BCUT2D eigenvalue weighted by molar-refractivity contribution is 0.167. The number of nitrogens with zero attached hydrogens (tertiary/aromatic N) is 3. The third-order valence-electron chi connectivity index (χ3n) is 3.23. The first kappa shape index (κ1) is 18.4. The van der Waals surface area contributed by atoms with Gasteiger partial charge < -0.3 is 18.9 Å². The maximum Gasteiger partial charge on any atom is 0.335 e. The summed E-state index contributed by atoms with van der Waals surface area (Å²) >= 11 is 0. The van der Waals surface area contributed by atoms with Crippen LogP contribution in [-0.2, 0) is 10.0 Å². The Morgan fingerprint density at radius 1 is 1.07 bits per heavy atom. The number of carbonyl (C=O) groups is 1. The van der Waals surface area contributed by atoms with E-state index in [-0.39, 0.29) is 41.0 Å². The highest BCUT2D eigenvalue weighted by Gasteiger charge is 2.27. The molecular weight excluding hydrogens is 382 g/mol. The molecule has 1 aliphatic heterocycles. The third kappa shape index (κ3) is 4.08. The van der Waals surface area contributed by atoms with Gasteiger partial charge in [0, 0.05) is 0 Å². The molecule has 2 heterocycles. The molecule has 0 saturated heterocycles. The Morgan fingerprint density at radius 2 is 1.74 bits per heavy atom. The van der Waals surface area contributed by atoms with Crippen molar-refractivity contribution in [3.05, 3.63) is 18.2 Å². The Morgan fingerprint density at radius 3 is 2.41 bits per heavy atom. The summed E-state index contributed by atoms with van der Waals surface area (Å²) in [7, 11) is -1.63. The van der Waals surface area contributed by atoms with E-state index in [1.807, 2.05) is 4.72 Å². The Hall–Kier alpha value is -3.35. The van der Waals surface area contributed by atoms with Crippen molar-refractivity contribution in [2.45, 2.75) is 4.90 Å². The van der Waals surface area contributed by atoms with Crippen molar-refractivity contribution in [1.29, 1.82) is 0 Å². The molecule has 0 aliphatic carbocycles. The van der Waals surface area contributed by atoms with Crippen LogP contribution in [0.3, 0.4) is 0 Å². The van der Waals surface area contributed by atoms with Crippen LogP contribution in [0.4, 0.5) is 10.7 Å². The molecule has 2 aromatic rings. The zero-order valence-electron chi connectivity index (χ0n) is 14.3. The Balaban J connectivity index is 1.80. The van der Waals surface area contributed by atoms with E-state index in [1.165, 1.54) is 26.4 Å². The molecule has 1 aliphatic rings. The summed E-state index contributed by atoms with van der Waals surface area (Å²) < 4.78 is 47.3. The molecule has 144 valence electrons. The second-order valence-electron chi connectivity index (χ2n) is 4.97. The highest BCUT2D eigenvalue weighted by Crippen LogP contribution is 2.36. The first-order valence-electron chi connectivity index (χ1n) is 7.49. The van der Waals surface area contributed by atoms with Crippen molar-refractivity contribution in [1.82, 2.24) is 19.7 Å². The summed E-state index contributed by atoms with van der Waals surface area (Å²) in [6.07, 6.45) is 0. The van der Waals surface area contributed by atoms with E-state index in [2.05, 4.69) is 20.3 Å². The van der Waals surface area contributed by atoms with E-state index < -0.39 is 16.1 Å². The van der Waals surface area contributed by atoms with Crippen molar-refractivity contribution in [3.8, 4) is 23.5 Å². The Labute approximate surface area is 153 Å². The molecule has 27 heavy (non-hydrogen) atoms. The molecule has 0 fully saturated rings. The normalized spacial score (nSPS) is 12.8. The van der Waals surface area contributed by atoms with Gasteiger partial charge in [-0.05, 0) is 12.1 Å². The van der Waals surface area contributed by atoms with Crippen LogP contribution in [0.15, 0.2) is 23.1 Å². The summed E-state index contributed by atoms with van der Waals surface area (Å²) in [5.41, 5.74) is 0. The van der Waals surface area contributed by atoms with Crippen molar-refractivity contribution in [2.24, 2.45) is 0 Å². The van der Waals surface area contributed by atoms with Gasteiger partial charge in [-0.25, -0.2) is 17.9 Å². The molecule has 0 bridgehead atoms.